The summed E-state index contributed by atoms with van der Waals surface area (Å²) in [5.74, 6) is 0.185. The van der Waals surface area contributed by atoms with Crippen LogP contribution >= 0.6 is 0 Å². The monoisotopic (exact) mass is 412 g/mol. The molecule has 30 heavy (non-hydrogen) atoms. The SMILES string of the molecule is COCOc1cc(-c2cc(F)c3nc(C)cn3c2)ccc1B1OC(C)(C)C(C)(C)O1. The molecule has 0 unspecified atom stereocenters. The number of pyridine rings is 1. The first-order valence-corrected chi connectivity index (χ1v) is 9.88. The van der Waals surface area contributed by atoms with Crippen molar-refractivity contribution >= 4 is 18.2 Å². The van der Waals surface area contributed by atoms with Crippen LogP contribution in [0.4, 0.5) is 4.39 Å². The first-order valence-electron chi connectivity index (χ1n) is 9.88. The Bertz CT molecular complexity index is 1080. The van der Waals surface area contributed by atoms with Crippen LogP contribution < -0.4 is 10.2 Å². The molecule has 1 fully saturated rings. The lowest BCUT2D eigenvalue weighted by Gasteiger charge is -2.32. The number of benzene rings is 1. The van der Waals surface area contributed by atoms with Gasteiger partial charge in [-0.3, -0.25) is 0 Å². The minimum absolute atomic E-state index is 0.0735. The number of methoxy groups -OCH3 is 1. The van der Waals surface area contributed by atoms with Crippen LogP contribution in [0.25, 0.3) is 16.8 Å². The predicted molar refractivity (Wildman–Crippen MR) is 114 cm³/mol. The summed E-state index contributed by atoms with van der Waals surface area (Å²) >= 11 is 0. The lowest BCUT2D eigenvalue weighted by molar-refractivity contribution is 0.00578. The van der Waals surface area contributed by atoms with Crippen LogP contribution in [0.2, 0.25) is 0 Å². The van der Waals surface area contributed by atoms with E-state index in [-0.39, 0.29) is 12.6 Å². The number of nitrogens with zero attached hydrogens (tertiary/aromatic N) is 2. The van der Waals surface area contributed by atoms with Gasteiger partial charge in [0.2, 0.25) is 0 Å². The van der Waals surface area contributed by atoms with Gasteiger partial charge in [-0.2, -0.15) is 0 Å². The zero-order valence-corrected chi connectivity index (χ0v) is 18.2. The number of halogens is 1. The van der Waals surface area contributed by atoms with Gasteiger partial charge >= 0.3 is 7.12 Å². The highest BCUT2D eigenvalue weighted by Crippen LogP contribution is 2.37. The van der Waals surface area contributed by atoms with E-state index in [0.717, 1.165) is 16.7 Å². The summed E-state index contributed by atoms with van der Waals surface area (Å²) in [5.41, 5.74) is 2.39. The molecule has 0 atom stereocenters. The first-order chi connectivity index (χ1) is 14.1. The molecule has 0 amide bonds. The smallest absolute Gasteiger partial charge is 0.468 e. The van der Waals surface area contributed by atoms with Crippen molar-refractivity contribution in [3.8, 4) is 16.9 Å². The summed E-state index contributed by atoms with van der Waals surface area (Å²) in [6.07, 6.45) is 3.64. The van der Waals surface area contributed by atoms with Crippen molar-refractivity contribution in [3.05, 3.63) is 48.2 Å². The Morgan fingerprint density at radius 2 is 1.77 bits per heavy atom. The fourth-order valence-electron chi connectivity index (χ4n) is 3.46. The second kappa shape index (κ2) is 7.37. The zero-order chi connectivity index (χ0) is 21.7. The molecule has 0 bridgehead atoms. The average molecular weight is 412 g/mol. The summed E-state index contributed by atoms with van der Waals surface area (Å²) in [6, 6.07) is 7.13. The number of rotatable bonds is 5. The zero-order valence-electron chi connectivity index (χ0n) is 18.2. The Kier molecular flexibility index (Phi) is 5.12. The molecule has 0 aliphatic carbocycles. The molecule has 1 aromatic carbocycles. The van der Waals surface area contributed by atoms with E-state index in [1.165, 1.54) is 6.07 Å². The number of aryl methyl sites for hydroxylation is 1. The molecular weight excluding hydrogens is 386 g/mol. The van der Waals surface area contributed by atoms with Crippen LogP contribution in [0.5, 0.6) is 5.75 Å². The molecule has 8 heteroatoms. The maximum absolute atomic E-state index is 14.6. The van der Waals surface area contributed by atoms with Gasteiger partial charge in [0.1, 0.15) is 5.75 Å². The molecule has 1 aliphatic rings. The third kappa shape index (κ3) is 3.60. The summed E-state index contributed by atoms with van der Waals surface area (Å²) in [4.78, 5) is 4.21. The summed E-state index contributed by atoms with van der Waals surface area (Å²) < 4.78 is 39.5. The van der Waals surface area contributed by atoms with E-state index in [1.54, 1.807) is 17.7 Å². The normalized spacial score (nSPS) is 17.6. The fraction of sp³-hybridized carbons (Fsp3) is 0.409. The van der Waals surface area contributed by atoms with Gasteiger partial charge in [0.05, 0.1) is 16.9 Å². The van der Waals surface area contributed by atoms with Gasteiger partial charge in [-0.25, -0.2) is 9.37 Å². The Morgan fingerprint density at radius 1 is 1.07 bits per heavy atom. The van der Waals surface area contributed by atoms with E-state index in [0.29, 0.717) is 17.0 Å². The number of aromatic nitrogens is 2. The number of hydrogen-bond donors (Lipinski definition) is 0. The van der Waals surface area contributed by atoms with Gasteiger partial charge in [-0.15, -0.1) is 0 Å². The highest BCUT2D eigenvalue weighted by Gasteiger charge is 2.52. The molecule has 0 radical (unpaired) electrons. The summed E-state index contributed by atoms with van der Waals surface area (Å²) in [6.45, 7) is 9.92. The highest BCUT2D eigenvalue weighted by atomic mass is 19.1. The quantitative estimate of drug-likeness (QED) is 0.472. The van der Waals surface area contributed by atoms with E-state index >= 15 is 0 Å². The highest BCUT2D eigenvalue weighted by molar-refractivity contribution is 6.63. The molecule has 0 saturated carbocycles. The Balaban J connectivity index is 1.75. The van der Waals surface area contributed by atoms with Crippen LogP contribution in [0.3, 0.4) is 0 Å². The molecular formula is C22H26BFN2O4. The van der Waals surface area contributed by atoms with Crippen molar-refractivity contribution in [2.24, 2.45) is 0 Å². The van der Waals surface area contributed by atoms with Crippen molar-refractivity contribution < 1.29 is 23.2 Å². The van der Waals surface area contributed by atoms with E-state index in [2.05, 4.69) is 4.98 Å². The van der Waals surface area contributed by atoms with Gasteiger partial charge in [-0.1, -0.05) is 12.1 Å². The van der Waals surface area contributed by atoms with Crippen LogP contribution in [0, 0.1) is 12.7 Å². The van der Waals surface area contributed by atoms with E-state index in [1.807, 2.05) is 59.0 Å². The Labute approximate surface area is 176 Å². The lowest BCUT2D eigenvalue weighted by atomic mass is 9.77. The molecule has 3 heterocycles. The van der Waals surface area contributed by atoms with Gasteiger partial charge in [0, 0.05) is 30.5 Å². The molecule has 1 saturated heterocycles. The van der Waals surface area contributed by atoms with Crippen molar-refractivity contribution in [2.75, 3.05) is 13.9 Å². The third-order valence-electron chi connectivity index (χ3n) is 5.81. The number of ether oxygens (including phenoxy) is 2. The van der Waals surface area contributed by atoms with Crippen LogP contribution in [0.1, 0.15) is 33.4 Å². The van der Waals surface area contributed by atoms with Gasteiger partial charge in [0.25, 0.3) is 0 Å². The van der Waals surface area contributed by atoms with Crippen molar-refractivity contribution in [1.82, 2.24) is 9.38 Å². The minimum Gasteiger partial charge on any atom is -0.468 e. The fourth-order valence-corrected chi connectivity index (χ4v) is 3.46. The second-order valence-electron chi connectivity index (χ2n) is 8.58. The largest absolute Gasteiger partial charge is 0.498 e. The van der Waals surface area contributed by atoms with Crippen molar-refractivity contribution in [1.29, 1.82) is 0 Å². The van der Waals surface area contributed by atoms with Gasteiger partial charge < -0.3 is 23.2 Å². The molecule has 4 rings (SSSR count). The predicted octanol–water partition coefficient (Wildman–Crippen LogP) is 3.73. The third-order valence-corrected chi connectivity index (χ3v) is 5.81. The summed E-state index contributed by atoms with van der Waals surface area (Å²) in [7, 11) is 0.981. The van der Waals surface area contributed by atoms with E-state index < -0.39 is 18.3 Å². The van der Waals surface area contributed by atoms with Crippen molar-refractivity contribution in [2.45, 2.75) is 45.8 Å². The van der Waals surface area contributed by atoms with Crippen LogP contribution in [-0.4, -0.2) is 41.6 Å². The number of hydrogen-bond acceptors (Lipinski definition) is 5. The molecule has 2 aromatic heterocycles. The first kappa shape index (κ1) is 20.8. The molecule has 6 nitrogen and oxygen atoms in total. The van der Waals surface area contributed by atoms with E-state index in [4.69, 9.17) is 18.8 Å². The number of fused-ring (bicyclic) bond motifs is 1. The van der Waals surface area contributed by atoms with E-state index in [9.17, 15) is 4.39 Å². The minimum atomic E-state index is -0.577. The van der Waals surface area contributed by atoms with Gasteiger partial charge in [0.15, 0.2) is 18.3 Å². The molecule has 0 spiro atoms. The van der Waals surface area contributed by atoms with Gasteiger partial charge in [-0.05, 0) is 52.3 Å². The topological polar surface area (TPSA) is 54.2 Å². The maximum Gasteiger partial charge on any atom is 0.498 e. The standard InChI is InChI=1S/C22H26BFN2O4/c1-14-11-26-12-16(9-18(24)20(26)25-14)15-7-8-17(19(10-15)28-13-27-6)23-29-21(2,3)22(4,5)30-23/h7-12H,13H2,1-6H3. The Morgan fingerprint density at radius 3 is 2.43 bits per heavy atom. The lowest BCUT2D eigenvalue weighted by Crippen LogP contribution is -2.41. The molecule has 1 aliphatic heterocycles. The maximum atomic E-state index is 14.6. The number of imidazole rings is 1. The second-order valence-corrected chi connectivity index (χ2v) is 8.58. The Hall–Kier alpha value is -2.42. The average Bonchev–Trinajstić information content (AvgIpc) is 3.15. The molecule has 0 N–H and O–H groups in total. The van der Waals surface area contributed by atoms with Crippen molar-refractivity contribution in [3.63, 3.8) is 0 Å². The summed E-state index contributed by atoms with van der Waals surface area (Å²) in [5, 5.41) is 0. The van der Waals surface area contributed by atoms with Crippen LogP contribution in [0.15, 0.2) is 36.7 Å². The van der Waals surface area contributed by atoms with Crippen LogP contribution in [-0.2, 0) is 14.0 Å². The molecule has 3 aromatic rings. The molecule has 158 valence electrons.